The molecule has 2 atom stereocenters. The predicted octanol–water partition coefficient (Wildman–Crippen LogP) is 1.67. The van der Waals surface area contributed by atoms with E-state index in [9.17, 15) is 0 Å². The zero-order valence-corrected chi connectivity index (χ0v) is 10.5. The normalized spacial score (nSPS) is 25.4. The molecular weight excluding hydrogens is 222 g/mol. The molecule has 1 aliphatic heterocycles. The van der Waals surface area contributed by atoms with Crippen LogP contribution in [0.2, 0.25) is 0 Å². The maximum atomic E-state index is 5.71. The maximum Gasteiger partial charge on any atom is 0.0271 e. The lowest BCUT2D eigenvalue weighted by Gasteiger charge is -2.20. The lowest BCUT2D eigenvalue weighted by atomic mass is 10.1. The van der Waals surface area contributed by atoms with Gasteiger partial charge in [0.15, 0.2) is 0 Å². The highest BCUT2D eigenvalue weighted by molar-refractivity contribution is 5.85. The molecule has 1 aromatic heterocycles. The average Bonchev–Trinajstić information content (AvgIpc) is 2.61. The summed E-state index contributed by atoms with van der Waals surface area (Å²) in [5.74, 6) is 0.682. The van der Waals surface area contributed by atoms with Crippen LogP contribution in [0.25, 0.3) is 0 Å². The minimum Gasteiger partial charge on any atom is -0.330 e. The van der Waals surface area contributed by atoms with E-state index in [0.29, 0.717) is 12.0 Å². The molecule has 16 heavy (non-hydrogen) atoms. The Morgan fingerprint density at radius 3 is 2.69 bits per heavy atom. The first-order valence-electron chi connectivity index (χ1n) is 5.62. The summed E-state index contributed by atoms with van der Waals surface area (Å²) in [6.07, 6.45) is 4.95. The minimum absolute atomic E-state index is 0. The summed E-state index contributed by atoms with van der Waals surface area (Å²) < 4.78 is 0. The average molecular weight is 242 g/mol. The molecule has 2 unspecified atom stereocenters. The largest absolute Gasteiger partial charge is 0.330 e. The third-order valence-electron chi connectivity index (χ3n) is 3.26. The number of hydrogen-bond donors (Lipinski definition) is 1. The van der Waals surface area contributed by atoms with Gasteiger partial charge in [-0.1, -0.05) is 0 Å². The van der Waals surface area contributed by atoms with E-state index in [2.05, 4.69) is 28.9 Å². The van der Waals surface area contributed by atoms with Crippen LogP contribution in [-0.2, 0) is 6.54 Å². The van der Waals surface area contributed by atoms with Crippen molar-refractivity contribution in [1.29, 1.82) is 0 Å². The van der Waals surface area contributed by atoms with E-state index in [-0.39, 0.29) is 12.4 Å². The summed E-state index contributed by atoms with van der Waals surface area (Å²) in [4.78, 5) is 6.54. The fourth-order valence-corrected chi connectivity index (χ4v) is 2.33. The zero-order chi connectivity index (χ0) is 10.7. The van der Waals surface area contributed by atoms with Gasteiger partial charge in [0.1, 0.15) is 0 Å². The SMILES string of the molecule is CC1CC(CN)CN1Cc1ccncc1.Cl. The number of likely N-dealkylation sites (tertiary alicyclic amines) is 1. The smallest absolute Gasteiger partial charge is 0.0271 e. The molecule has 4 heteroatoms. The van der Waals surface area contributed by atoms with Gasteiger partial charge in [-0.15, -0.1) is 12.4 Å². The molecule has 2 N–H and O–H groups in total. The van der Waals surface area contributed by atoms with Gasteiger partial charge in [0, 0.05) is 31.5 Å². The van der Waals surface area contributed by atoms with Crippen LogP contribution in [0.5, 0.6) is 0 Å². The van der Waals surface area contributed by atoms with Gasteiger partial charge >= 0.3 is 0 Å². The molecule has 2 rings (SSSR count). The first-order valence-corrected chi connectivity index (χ1v) is 5.62. The Labute approximate surface area is 103 Å². The molecular formula is C12H20ClN3. The molecule has 0 saturated carbocycles. The van der Waals surface area contributed by atoms with E-state index in [1.165, 1.54) is 12.0 Å². The number of pyridine rings is 1. The number of rotatable bonds is 3. The highest BCUT2D eigenvalue weighted by atomic mass is 35.5. The Morgan fingerprint density at radius 1 is 1.44 bits per heavy atom. The number of nitrogens with two attached hydrogens (primary N) is 1. The van der Waals surface area contributed by atoms with Gasteiger partial charge < -0.3 is 5.73 Å². The van der Waals surface area contributed by atoms with Crippen LogP contribution in [0.1, 0.15) is 18.9 Å². The zero-order valence-electron chi connectivity index (χ0n) is 9.67. The van der Waals surface area contributed by atoms with Crippen molar-refractivity contribution in [2.75, 3.05) is 13.1 Å². The van der Waals surface area contributed by atoms with Crippen LogP contribution < -0.4 is 5.73 Å². The fourth-order valence-electron chi connectivity index (χ4n) is 2.33. The number of nitrogens with zero attached hydrogens (tertiary/aromatic N) is 2. The molecule has 1 fully saturated rings. The van der Waals surface area contributed by atoms with Crippen LogP contribution in [0.15, 0.2) is 24.5 Å². The minimum atomic E-state index is 0. The molecule has 0 bridgehead atoms. The van der Waals surface area contributed by atoms with Gasteiger partial charge in [-0.25, -0.2) is 0 Å². The van der Waals surface area contributed by atoms with Crippen molar-refractivity contribution in [3.05, 3.63) is 30.1 Å². The highest BCUT2D eigenvalue weighted by Gasteiger charge is 2.27. The molecule has 2 heterocycles. The van der Waals surface area contributed by atoms with Crippen molar-refractivity contribution in [3.8, 4) is 0 Å². The van der Waals surface area contributed by atoms with Crippen molar-refractivity contribution in [1.82, 2.24) is 9.88 Å². The standard InChI is InChI=1S/C12H19N3.ClH/c1-10-6-12(7-13)9-15(10)8-11-2-4-14-5-3-11;/h2-5,10,12H,6-9,13H2,1H3;1H. The summed E-state index contributed by atoms with van der Waals surface area (Å²) in [5.41, 5.74) is 7.06. The van der Waals surface area contributed by atoms with Crippen LogP contribution in [0.4, 0.5) is 0 Å². The summed E-state index contributed by atoms with van der Waals surface area (Å²) >= 11 is 0. The third-order valence-corrected chi connectivity index (χ3v) is 3.26. The molecule has 0 spiro atoms. The van der Waals surface area contributed by atoms with Crippen molar-refractivity contribution in [2.45, 2.75) is 25.9 Å². The first-order chi connectivity index (χ1) is 7.29. The summed E-state index contributed by atoms with van der Waals surface area (Å²) in [7, 11) is 0. The summed E-state index contributed by atoms with van der Waals surface area (Å²) in [6, 6.07) is 4.83. The van der Waals surface area contributed by atoms with Crippen LogP contribution >= 0.6 is 12.4 Å². The van der Waals surface area contributed by atoms with E-state index in [0.717, 1.165) is 19.6 Å². The van der Waals surface area contributed by atoms with Gasteiger partial charge in [0.25, 0.3) is 0 Å². The van der Waals surface area contributed by atoms with Crippen LogP contribution in [0, 0.1) is 5.92 Å². The quantitative estimate of drug-likeness (QED) is 0.876. The second-order valence-electron chi connectivity index (χ2n) is 4.47. The summed E-state index contributed by atoms with van der Waals surface area (Å²) in [6.45, 7) is 5.27. The van der Waals surface area contributed by atoms with Gasteiger partial charge in [-0.3, -0.25) is 9.88 Å². The van der Waals surface area contributed by atoms with Crippen molar-refractivity contribution < 1.29 is 0 Å². The van der Waals surface area contributed by atoms with Crippen molar-refractivity contribution >= 4 is 12.4 Å². The third kappa shape index (κ3) is 3.17. The topological polar surface area (TPSA) is 42.1 Å². The predicted molar refractivity (Wildman–Crippen MR) is 68.5 cm³/mol. The van der Waals surface area contributed by atoms with Crippen LogP contribution in [-0.4, -0.2) is 29.0 Å². The van der Waals surface area contributed by atoms with E-state index < -0.39 is 0 Å². The summed E-state index contributed by atoms with van der Waals surface area (Å²) in [5, 5.41) is 0. The Kier molecular flexibility index (Phi) is 5.19. The molecule has 1 aliphatic rings. The van der Waals surface area contributed by atoms with Gasteiger partial charge in [-0.05, 0) is 43.5 Å². The second kappa shape index (κ2) is 6.18. The lowest BCUT2D eigenvalue weighted by molar-refractivity contribution is 0.256. The van der Waals surface area contributed by atoms with E-state index in [1.54, 1.807) is 0 Å². The molecule has 1 aromatic rings. The molecule has 0 aromatic carbocycles. The number of halogens is 1. The van der Waals surface area contributed by atoms with Gasteiger partial charge in [-0.2, -0.15) is 0 Å². The first kappa shape index (κ1) is 13.4. The number of hydrogen-bond acceptors (Lipinski definition) is 3. The Morgan fingerprint density at radius 2 is 2.12 bits per heavy atom. The monoisotopic (exact) mass is 241 g/mol. The molecule has 3 nitrogen and oxygen atoms in total. The fraction of sp³-hybridized carbons (Fsp3) is 0.583. The van der Waals surface area contributed by atoms with Crippen molar-refractivity contribution in [3.63, 3.8) is 0 Å². The number of aromatic nitrogens is 1. The molecule has 90 valence electrons. The van der Waals surface area contributed by atoms with Gasteiger partial charge in [0.05, 0.1) is 0 Å². The lowest BCUT2D eigenvalue weighted by Crippen LogP contribution is -2.27. The highest BCUT2D eigenvalue weighted by Crippen LogP contribution is 2.23. The maximum absolute atomic E-state index is 5.71. The Balaban J connectivity index is 0.00000128. The van der Waals surface area contributed by atoms with Crippen molar-refractivity contribution in [2.24, 2.45) is 11.7 Å². The molecule has 0 amide bonds. The molecule has 1 saturated heterocycles. The molecule has 0 aliphatic carbocycles. The Hall–Kier alpha value is -0.640. The molecule has 0 radical (unpaired) electrons. The van der Waals surface area contributed by atoms with Gasteiger partial charge in [0.2, 0.25) is 0 Å². The van der Waals surface area contributed by atoms with Crippen LogP contribution in [0.3, 0.4) is 0 Å². The van der Waals surface area contributed by atoms with E-state index in [4.69, 9.17) is 5.73 Å². The Bertz CT molecular complexity index is 304. The van der Waals surface area contributed by atoms with E-state index in [1.807, 2.05) is 12.4 Å². The second-order valence-corrected chi connectivity index (χ2v) is 4.47. The van der Waals surface area contributed by atoms with E-state index >= 15 is 0 Å².